The number of fused-ring (bicyclic) bond motifs is 2. The minimum atomic E-state index is -2.62. The number of nitrogens with one attached hydrogen (secondary N) is 1. The van der Waals surface area contributed by atoms with E-state index in [1.807, 2.05) is 60.7 Å². The first-order chi connectivity index (χ1) is 24.5. The smallest absolute Gasteiger partial charge is 0.407 e. The van der Waals surface area contributed by atoms with Crippen LogP contribution in [0.4, 0.5) is 4.79 Å². The highest BCUT2D eigenvalue weighted by molar-refractivity contribution is 6.77. The van der Waals surface area contributed by atoms with Crippen LogP contribution < -0.4 is 11.0 Å². The molecular formula is C40H54ClN3O7Si. The van der Waals surface area contributed by atoms with Crippen LogP contribution in [0.15, 0.2) is 65.5 Å². The summed E-state index contributed by atoms with van der Waals surface area (Å²) in [7, 11) is -2.62. The standard InChI is InChI=1S/C40H54ClN3O7Si/c1-25(2)52(26(3)4,27(5)6)51-31(20-41)32-30-23-49-36(46)40(30,24-42-37(47)50-39(7,8)9)35(45)34-33(32)43(21-28-16-12-10-13-17-28)38(48)44(34)22-29-18-14-11-15-19-29/h10-19,25-27,30-32H,20-24H2,1-9H3,(H,42,47)/t30-,31-,32+,40-/m0/s1. The second kappa shape index (κ2) is 15.4. The molecule has 1 N–H and O–H groups in total. The monoisotopic (exact) mass is 751 g/mol. The number of cyclic esters (lactones) is 1. The fraction of sp³-hybridized carbons (Fsp3) is 0.550. The van der Waals surface area contributed by atoms with Crippen molar-refractivity contribution >= 4 is 37.8 Å². The average molecular weight is 752 g/mol. The zero-order chi connectivity index (χ0) is 38.2. The predicted molar refractivity (Wildman–Crippen MR) is 205 cm³/mol. The van der Waals surface area contributed by atoms with E-state index in [-0.39, 0.29) is 60.1 Å². The van der Waals surface area contributed by atoms with Gasteiger partial charge in [-0.3, -0.25) is 18.7 Å². The Labute approximate surface area is 313 Å². The third-order valence-electron chi connectivity index (χ3n) is 10.9. The van der Waals surface area contributed by atoms with Crippen LogP contribution in [0.5, 0.6) is 0 Å². The summed E-state index contributed by atoms with van der Waals surface area (Å²) >= 11 is 6.99. The number of hydrogen-bond acceptors (Lipinski definition) is 7. The first-order valence-corrected chi connectivity index (χ1v) is 21.0. The molecule has 2 aromatic carbocycles. The van der Waals surface area contributed by atoms with Crippen LogP contribution in [0.25, 0.3) is 0 Å². The molecule has 52 heavy (non-hydrogen) atoms. The van der Waals surface area contributed by atoms with E-state index in [4.69, 9.17) is 25.5 Å². The SMILES string of the molecule is CC(C)[Si](O[C@@H](CCl)[C@@H]1c2c(n(Cc3ccccc3)c(=O)n2Cc2ccccc2)C(=O)[C@@]2(CNC(=O)OC(C)(C)C)C(=O)OC[C@@H]12)(C(C)C)C(C)C. The number of nitrogens with zero attached hydrogens (tertiary/aromatic N) is 2. The molecule has 2 aliphatic rings. The van der Waals surface area contributed by atoms with Crippen LogP contribution in [0.1, 0.15) is 95.5 Å². The topological polar surface area (TPSA) is 118 Å². The zero-order valence-corrected chi connectivity index (χ0v) is 33.7. The van der Waals surface area contributed by atoms with Crippen LogP contribution in [0.2, 0.25) is 16.6 Å². The van der Waals surface area contributed by atoms with Gasteiger partial charge in [0, 0.05) is 24.3 Å². The zero-order valence-electron chi connectivity index (χ0n) is 31.9. The molecule has 0 saturated carbocycles. The number of aromatic nitrogens is 2. The van der Waals surface area contributed by atoms with Crippen molar-refractivity contribution in [1.82, 2.24) is 14.5 Å². The normalized spacial score (nSPS) is 20.9. The van der Waals surface area contributed by atoms with Gasteiger partial charge >= 0.3 is 17.8 Å². The van der Waals surface area contributed by atoms with E-state index in [9.17, 15) is 14.4 Å². The summed E-state index contributed by atoms with van der Waals surface area (Å²) in [5.74, 6) is -2.80. The lowest BCUT2D eigenvalue weighted by atomic mass is 9.61. The van der Waals surface area contributed by atoms with Gasteiger partial charge < -0.3 is 19.2 Å². The van der Waals surface area contributed by atoms with Gasteiger partial charge in [0.25, 0.3) is 0 Å². The molecule has 1 saturated heterocycles. The third-order valence-corrected chi connectivity index (χ3v) is 17.3. The van der Waals surface area contributed by atoms with Crippen molar-refractivity contribution in [2.45, 2.75) is 110 Å². The quantitative estimate of drug-likeness (QED) is 0.0832. The molecule has 0 bridgehead atoms. The second-order valence-electron chi connectivity index (χ2n) is 16.2. The first-order valence-electron chi connectivity index (χ1n) is 18.3. The number of amides is 1. The van der Waals surface area contributed by atoms with Crippen molar-refractivity contribution in [2.75, 3.05) is 19.0 Å². The summed E-state index contributed by atoms with van der Waals surface area (Å²) in [6.07, 6.45) is -1.46. The minimum absolute atomic E-state index is 0.0445. The molecule has 10 nitrogen and oxygen atoms in total. The second-order valence-corrected chi connectivity index (χ2v) is 21.9. The molecule has 1 aliphatic heterocycles. The van der Waals surface area contributed by atoms with E-state index < -0.39 is 55.1 Å². The predicted octanol–water partition coefficient (Wildman–Crippen LogP) is 7.51. The molecule has 0 radical (unpaired) electrons. The van der Waals surface area contributed by atoms with Gasteiger partial charge in [0.2, 0.25) is 14.1 Å². The molecule has 1 aliphatic carbocycles. The van der Waals surface area contributed by atoms with Crippen LogP contribution in [0.3, 0.4) is 0 Å². The summed E-state index contributed by atoms with van der Waals surface area (Å²) in [4.78, 5) is 57.4. The van der Waals surface area contributed by atoms with Crippen molar-refractivity contribution in [2.24, 2.45) is 11.3 Å². The Kier molecular flexibility index (Phi) is 11.7. The van der Waals surface area contributed by atoms with E-state index in [1.54, 1.807) is 25.3 Å². The molecule has 3 aromatic rings. The first kappa shape index (κ1) is 39.5. The van der Waals surface area contributed by atoms with Gasteiger partial charge in [-0.15, -0.1) is 11.6 Å². The Morgan fingerprint density at radius 2 is 1.42 bits per heavy atom. The van der Waals surface area contributed by atoms with Crippen molar-refractivity contribution in [3.8, 4) is 0 Å². The number of carbonyl (C=O) groups is 3. The Bertz CT molecular complexity index is 1790. The minimum Gasteiger partial charge on any atom is -0.464 e. The number of carbonyl (C=O) groups excluding carboxylic acids is 3. The lowest BCUT2D eigenvalue weighted by Gasteiger charge is -2.48. The molecule has 4 atom stereocenters. The van der Waals surface area contributed by atoms with Gasteiger partial charge in [0.1, 0.15) is 11.3 Å². The fourth-order valence-corrected chi connectivity index (χ4v) is 14.7. The highest BCUT2D eigenvalue weighted by Crippen LogP contribution is 2.55. The number of benzene rings is 2. The summed E-state index contributed by atoms with van der Waals surface area (Å²) in [6, 6.07) is 19.0. The molecule has 2 heterocycles. The number of imidazole rings is 1. The Morgan fingerprint density at radius 3 is 1.90 bits per heavy atom. The van der Waals surface area contributed by atoms with Crippen molar-refractivity contribution < 1.29 is 28.3 Å². The van der Waals surface area contributed by atoms with Crippen LogP contribution >= 0.6 is 11.6 Å². The van der Waals surface area contributed by atoms with E-state index >= 15 is 4.79 Å². The fourth-order valence-electron chi connectivity index (χ4n) is 8.80. The van der Waals surface area contributed by atoms with E-state index in [2.05, 4.69) is 46.9 Å². The van der Waals surface area contributed by atoms with Gasteiger partial charge in [-0.2, -0.15) is 0 Å². The number of esters is 1. The van der Waals surface area contributed by atoms with Crippen molar-refractivity contribution in [1.29, 1.82) is 0 Å². The molecular weight excluding hydrogens is 698 g/mol. The highest BCUT2D eigenvalue weighted by Gasteiger charge is 2.67. The molecule has 5 rings (SSSR count). The lowest BCUT2D eigenvalue weighted by molar-refractivity contribution is -0.144. The number of alkyl carbamates (subject to hydrolysis) is 1. The van der Waals surface area contributed by atoms with Gasteiger partial charge in [-0.1, -0.05) is 102 Å². The average Bonchev–Trinajstić information content (AvgIpc) is 3.55. The van der Waals surface area contributed by atoms with Crippen LogP contribution in [0, 0.1) is 11.3 Å². The maximum atomic E-state index is 15.3. The van der Waals surface area contributed by atoms with Crippen LogP contribution in [-0.2, 0) is 31.8 Å². The molecule has 282 valence electrons. The van der Waals surface area contributed by atoms with Crippen molar-refractivity contribution in [3.63, 3.8) is 0 Å². The lowest BCUT2D eigenvalue weighted by Crippen LogP contribution is -2.59. The van der Waals surface area contributed by atoms with E-state index in [1.165, 1.54) is 4.57 Å². The number of alkyl halides is 1. The molecule has 0 spiro atoms. The molecule has 1 fully saturated rings. The summed E-state index contributed by atoms with van der Waals surface area (Å²) < 4.78 is 21.9. The molecule has 12 heteroatoms. The van der Waals surface area contributed by atoms with E-state index in [0.29, 0.717) is 5.69 Å². The summed E-state index contributed by atoms with van der Waals surface area (Å²) in [6.45, 7) is 18.1. The van der Waals surface area contributed by atoms with Gasteiger partial charge in [0.15, 0.2) is 5.41 Å². The Morgan fingerprint density at radius 1 is 0.904 bits per heavy atom. The highest BCUT2D eigenvalue weighted by atomic mass is 35.5. The summed E-state index contributed by atoms with van der Waals surface area (Å²) in [5, 5.41) is 2.73. The van der Waals surface area contributed by atoms with Crippen molar-refractivity contribution in [3.05, 3.63) is 93.7 Å². The maximum absolute atomic E-state index is 15.3. The van der Waals surface area contributed by atoms with Gasteiger partial charge in [-0.05, 0) is 48.5 Å². The van der Waals surface area contributed by atoms with Gasteiger partial charge in [0.05, 0.1) is 31.5 Å². The Hall–Kier alpha value is -3.67. The molecule has 1 aromatic heterocycles. The number of Topliss-reactive ketones (excluding diaryl/α,β-unsaturated/α-hetero) is 1. The molecule has 1 amide bonds. The molecule has 0 unspecified atom stereocenters. The Balaban J connectivity index is 1.80. The third kappa shape index (κ3) is 7.16. The summed E-state index contributed by atoms with van der Waals surface area (Å²) in [5.41, 5.74) is -0.164. The van der Waals surface area contributed by atoms with Gasteiger partial charge in [-0.25, -0.2) is 9.59 Å². The number of halogens is 1. The number of hydrogen-bond donors (Lipinski definition) is 1. The largest absolute Gasteiger partial charge is 0.464 e. The number of ketones is 1. The maximum Gasteiger partial charge on any atom is 0.407 e. The van der Waals surface area contributed by atoms with Crippen LogP contribution in [-0.4, -0.2) is 66.0 Å². The van der Waals surface area contributed by atoms with E-state index in [0.717, 1.165) is 11.1 Å². The number of rotatable bonds is 13. The number of ether oxygens (including phenoxy) is 2.